The van der Waals surface area contributed by atoms with Gasteiger partial charge in [-0.15, -0.1) is 0 Å². The van der Waals surface area contributed by atoms with Crippen LogP contribution >= 0.6 is 11.6 Å². The number of nitrogens with zero attached hydrogens (tertiary/aromatic N) is 3. The summed E-state index contributed by atoms with van der Waals surface area (Å²) in [6, 6.07) is 7.42. The topological polar surface area (TPSA) is 75.2 Å². The summed E-state index contributed by atoms with van der Waals surface area (Å²) in [6.07, 6.45) is 2.13. The fourth-order valence-electron chi connectivity index (χ4n) is 3.11. The van der Waals surface area contributed by atoms with Crippen LogP contribution in [0.4, 0.5) is 17.3 Å². The molecule has 0 spiro atoms. The third-order valence-corrected chi connectivity index (χ3v) is 6.37. The van der Waals surface area contributed by atoms with E-state index in [9.17, 15) is 8.42 Å². The van der Waals surface area contributed by atoms with Gasteiger partial charge in [-0.3, -0.25) is 0 Å². The molecule has 1 fully saturated rings. The Morgan fingerprint density at radius 3 is 2.76 bits per heavy atom. The van der Waals surface area contributed by atoms with Crippen molar-refractivity contribution in [3.05, 3.63) is 41.2 Å². The molecule has 0 saturated carbocycles. The van der Waals surface area contributed by atoms with Crippen molar-refractivity contribution in [1.29, 1.82) is 0 Å². The number of sulfone groups is 1. The predicted molar refractivity (Wildman–Crippen MR) is 102 cm³/mol. The maximum absolute atomic E-state index is 11.8. The quantitative estimate of drug-likeness (QED) is 0.858. The van der Waals surface area contributed by atoms with Gasteiger partial charge in [0.05, 0.1) is 11.5 Å². The van der Waals surface area contributed by atoms with Crippen molar-refractivity contribution in [3.8, 4) is 0 Å². The highest BCUT2D eigenvalue weighted by Gasteiger charge is 2.32. The van der Waals surface area contributed by atoms with Gasteiger partial charge in [-0.05, 0) is 44.0 Å². The molecular formula is C17H21ClN4O2S. The molecule has 0 radical (unpaired) electrons. The van der Waals surface area contributed by atoms with Crippen molar-refractivity contribution >= 4 is 38.8 Å². The van der Waals surface area contributed by atoms with E-state index in [-0.39, 0.29) is 17.5 Å². The van der Waals surface area contributed by atoms with Crippen LogP contribution in [-0.4, -0.2) is 42.5 Å². The summed E-state index contributed by atoms with van der Waals surface area (Å²) in [5.74, 6) is 1.82. The fourth-order valence-corrected chi connectivity index (χ4v) is 5.06. The maximum Gasteiger partial charge on any atom is 0.152 e. The molecule has 1 aliphatic rings. The maximum atomic E-state index is 11.8. The van der Waals surface area contributed by atoms with E-state index in [1.807, 2.05) is 43.0 Å². The standard InChI is InChI=1S/C17H21ClN4O2S/c1-3-22(14-6-7-25(23,24)10-14)17-9-16(19-11-20-17)21-15-5-4-13(18)8-12(15)2/h4-5,8-9,11,14H,3,6-7,10H2,1-2H3,(H,19,20,21). The van der Waals surface area contributed by atoms with Gasteiger partial charge in [0.15, 0.2) is 9.84 Å². The molecule has 2 heterocycles. The SMILES string of the molecule is CCN(c1cc(Nc2ccc(Cl)cc2C)ncn1)C1CCS(=O)(=O)C1. The monoisotopic (exact) mass is 380 g/mol. The lowest BCUT2D eigenvalue weighted by Gasteiger charge is -2.28. The number of benzene rings is 1. The highest BCUT2D eigenvalue weighted by molar-refractivity contribution is 7.91. The van der Waals surface area contributed by atoms with E-state index >= 15 is 0 Å². The normalized spacial score (nSPS) is 18.9. The van der Waals surface area contributed by atoms with E-state index in [2.05, 4.69) is 15.3 Å². The number of halogens is 1. The smallest absolute Gasteiger partial charge is 0.152 e. The van der Waals surface area contributed by atoms with Gasteiger partial charge in [-0.2, -0.15) is 0 Å². The van der Waals surface area contributed by atoms with Gasteiger partial charge in [0.1, 0.15) is 18.0 Å². The predicted octanol–water partition coefficient (Wildman–Crippen LogP) is 3.20. The number of hydrogen-bond acceptors (Lipinski definition) is 6. The van der Waals surface area contributed by atoms with Crippen LogP contribution < -0.4 is 10.2 Å². The number of nitrogens with one attached hydrogen (secondary N) is 1. The highest BCUT2D eigenvalue weighted by Crippen LogP contribution is 2.26. The summed E-state index contributed by atoms with van der Waals surface area (Å²) in [5, 5.41) is 3.96. The molecule has 134 valence electrons. The molecule has 1 N–H and O–H groups in total. The van der Waals surface area contributed by atoms with E-state index < -0.39 is 9.84 Å². The van der Waals surface area contributed by atoms with Crippen LogP contribution in [-0.2, 0) is 9.84 Å². The minimum atomic E-state index is -2.94. The Morgan fingerprint density at radius 2 is 2.12 bits per heavy atom. The second kappa shape index (κ2) is 7.17. The van der Waals surface area contributed by atoms with Crippen LogP contribution in [0.3, 0.4) is 0 Å². The number of anilines is 3. The summed E-state index contributed by atoms with van der Waals surface area (Å²) < 4.78 is 23.6. The molecule has 6 nitrogen and oxygen atoms in total. The average molecular weight is 381 g/mol. The second-order valence-corrected chi connectivity index (χ2v) is 8.85. The lowest BCUT2D eigenvalue weighted by molar-refractivity contribution is 0.599. The lowest BCUT2D eigenvalue weighted by atomic mass is 10.2. The zero-order valence-electron chi connectivity index (χ0n) is 14.2. The minimum Gasteiger partial charge on any atom is -0.353 e. The molecule has 1 aromatic carbocycles. The molecule has 1 atom stereocenters. The van der Waals surface area contributed by atoms with Crippen LogP contribution in [0.15, 0.2) is 30.6 Å². The van der Waals surface area contributed by atoms with Crippen molar-refractivity contribution < 1.29 is 8.42 Å². The summed E-state index contributed by atoms with van der Waals surface area (Å²) >= 11 is 5.99. The van der Waals surface area contributed by atoms with Crippen molar-refractivity contribution in [2.75, 3.05) is 28.3 Å². The molecule has 1 unspecified atom stereocenters. The summed E-state index contributed by atoms with van der Waals surface area (Å²) in [7, 11) is -2.94. The first kappa shape index (κ1) is 17.9. The molecule has 8 heteroatoms. The molecule has 1 aromatic heterocycles. The first-order valence-corrected chi connectivity index (χ1v) is 10.4. The third kappa shape index (κ3) is 4.22. The highest BCUT2D eigenvalue weighted by atomic mass is 35.5. The van der Waals surface area contributed by atoms with Crippen LogP contribution in [0, 0.1) is 6.92 Å². The number of rotatable bonds is 5. The zero-order chi connectivity index (χ0) is 18.0. The largest absolute Gasteiger partial charge is 0.353 e. The molecule has 0 amide bonds. The molecule has 1 saturated heterocycles. The molecule has 2 aromatic rings. The average Bonchev–Trinajstić information content (AvgIpc) is 2.91. The van der Waals surface area contributed by atoms with Crippen LogP contribution in [0.5, 0.6) is 0 Å². The number of aryl methyl sites for hydroxylation is 1. The van der Waals surface area contributed by atoms with Gasteiger partial charge in [0.2, 0.25) is 0 Å². The summed E-state index contributed by atoms with van der Waals surface area (Å²) in [6.45, 7) is 4.66. The van der Waals surface area contributed by atoms with E-state index in [0.717, 1.165) is 17.1 Å². The van der Waals surface area contributed by atoms with Crippen molar-refractivity contribution in [2.45, 2.75) is 26.3 Å². The molecule has 0 aliphatic carbocycles. The van der Waals surface area contributed by atoms with Gasteiger partial charge in [-0.25, -0.2) is 18.4 Å². The van der Waals surface area contributed by atoms with Crippen LogP contribution in [0.1, 0.15) is 18.9 Å². The third-order valence-electron chi connectivity index (χ3n) is 4.39. The van der Waals surface area contributed by atoms with E-state index in [0.29, 0.717) is 23.8 Å². The zero-order valence-corrected chi connectivity index (χ0v) is 15.8. The number of aromatic nitrogens is 2. The van der Waals surface area contributed by atoms with Gasteiger partial charge in [0.25, 0.3) is 0 Å². The molecule has 25 heavy (non-hydrogen) atoms. The number of hydrogen-bond donors (Lipinski definition) is 1. The van der Waals surface area contributed by atoms with Crippen LogP contribution in [0.2, 0.25) is 5.02 Å². The van der Waals surface area contributed by atoms with Crippen LogP contribution in [0.25, 0.3) is 0 Å². The van der Waals surface area contributed by atoms with Crippen molar-refractivity contribution in [1.82, 2.24) is 9.97 Å². The summed E-state index contributed by atoms with van der Waals surface area (Å²) in [4.78, 5) is 10.6. The van der Waals surface area contributed by atoms with Crippen molar-refractivity contribution in [2.24, 2.45) is 0 Å². The molecule has 3 rings (SSSR count). The molecule has 0 bridgehead atoms. The van der Waals surface area contributed by atoms with Gasteiger partial charge in [-0.1, -0.05) is 11.6 Å². The second-order valence-electron chi connectivity index (χ2n) is 6.19. The van der Waals surface area contributed by atoms with Gasteiger partial charge >= 0.3 is 0 Å². The Balaban J connectivity index is 1.82. The van der Waals surface area contributed by atoms with E-state index in [1.165, 1.54) is 6.33 Å². The van der Waals surface area contributed by atoms with E-state index in [4.69, 9.17) is 11.6 Å². The van der Waals surface area contributed by atoms with E-state index in [1.54, 1.807) is 0 Å². The molecular weight excluding hydrogens is 360 g/mol. The van der Waals surface area contributed by atoms with Gasteiger partial charge in [0, 0.05) is 29.4 Å². The van der Waals surface area contributed by atoms with Crippen molar-refractivity contribution in [3.63, 3.8) is 0 Å². The Labute approximate surface area is 153 Å². The fraction of sp³-hybridized carbons (Fsp3) is 0.412. The van der Waals surface area contributed by atoms with Gasteiger partial charge < -0.3 is 10.2 Å². The minimum absolute atomic E-state index is 0.0324. The molecule has 1 aliphatic heterocycles. The Morgan fingerprint density at radius 1 is 1.32 bits per heavy atom. The Hall–Kier alpha value is -1.86. The Bertz CT molecular complexity index is 873. The first-order chi connectivity index (χ1) is 11.9. The first-order valence-electron chi connectivity index (χ1n) is 8.20. The summed E-state index contributed by atoms with van der Waals surface area (Å²) in [5.41, 5.74) is 1.93. The lowest BCUT2D eigenvalue weighted by Crippen LogP contribution is -2.36. The Kier molecular flexibility index (Phi) is 5.15.